The summed E-state index contributed by atoms with van der Waals surface area (Å²) in [4.78, 5) is 19.2. The van der Waals surface area contributed by atoms with Gasteiger partial charge in [-0.1, -0.05) is 0 Å². The Hall–Kier alpha value is -1.46. The van der Waals surface area contributed by atoms with Crippen LogP contribution in [0.15, 0.2) is 18.3 Å². The average Bonchev–Trinajstić information content (AvgIpc) is 3.33. The van der Waals surface area contributed by atoms with Gasteiger partial charge in [0.05, 0.1) is 24.5 Å². The summed E-state index contributed by atoms with van der Waals surface area (Å²) >= 11 is 0. The Labute approximate surface area is 132 Å². The number of hydrogen-bond acceptors (Lipinski definition) is 4. The molecule has 1 aliphatic carbocycles. The van der Waals surface area contributed by atoms with Crippen LogP contribution in [0.2, 0.25) is 0 Å². The van der Waals surface area contributed by atoms with Crippen LogP contribution in [-0.4, -0.2) is 54.2 Å². The standard InChI is InChI=1S/C17H25N3O2/c1-17(2)12-22-11-10-20(17)9-8-19-16(21)14-4-3-7-18-15(14)13-5-6-13/h3-4,7,13H,5-6,8-12H2,1-2H3,(H,19,21). The first-order valence-electron chi connectivity index (χ1n) is 8.14. The number of carbonyl (C=O) groups excluding carboxylic acids is 1. The van der Waals surface area contributed by atoms with Gasteiger partial charge in [0.15, 0.2) is 0 Å². The number of morpholine rings is 1. The van der Waals surface area contributed by atoms with Gasteiger partial charge < -0.3 is 10.1 Å². The second kappa shape index (κ2) is 6.34. The van der Waals surface area contributed by atoms with Gasteiger partial charge in [-0.25, -0.2) is 0 Å². The smallest absolute Gasteiger partial charge is 0.253 e. The Morgan fingerprint density at radius 3 is 3.05 bits per heavy atom. The van der Waals surface area contributed by atoms with Gasteiger partial charge in [0.25, 0.3) is 5.91 Å². The van der Waals surface area contributed by atoms with Crippen molar-refractivity contribution in [1.82, 2.24) is 15.2 Å². The molecule has 0 atom stereocenters. The quantitative estimate of drug-likeness (QED) is 0.901. The summed E-state index contributed by atoms with van der Waals surface area (Å²) in [5.41, 5.74) is 1.74. The highest BCUT2D eigenvalue weighted by molar-refractivity contribution is 5.95. The van der Waals surface area contributed by atoms with E-state index < -0.39 is 0 Å². The number of nitrogens with zero attached hydrogens (tertiary/aromatic N) is 2. The number of amides is 1. The second-order valence-corrected chi connectivity index (χ2v) is 6.82. The molecule has 5 heteroatoms. The van der Waals surface area contributed by atoms with Crippen molar-refractivity contribution in [2.75, 3.05) is 32.8 Å². The topological polar surface area (TPSA) is 54.5 Å². The van der Waals surface area contributed by atoms with Crippen molar-refractivity contribution < 1.29 is 9.53 Å². The maximum absolute atomic E-state index is 12.4. The molecule has 22 heavy (non-hydrogen) atoms. The molecule has 1 N–H and O–H groups in total. The van der Waals surface area contributed by atoms with E-state index in [0.29, 0.717) is 12.5 Å². The summed E-state index contributed by atoms with van der Waals surface area (Å²) in [6, 6.07) is 3.72. The molecule has 1 amide bonds. The number of rotatable bonds is 5. The zero-order valence-electron chi connectivity index (χ0n) is 13.5. The Morgan fingerprint density at radius 2 is 2.32 bits per heavy atom. The molecule has 1 aliphatic heterocycles. The van der Waals surface area contributed by atoms with E-state index in [-0.39, 0.29) is 11.4 Å². The van der Waals surface area contributed by atoms with Gasteiger partial charge in [0.1, 0.15) is 0 Å². The maximum atomic E-state index is 12.4. The number of pyridine rings is 1. The van der Waals surface area contributed by atoms with Crippen molar-refractivity contribution in [2.45, 2.75) is 38.1 Å². The number of aromatic nitrogens is 1. The Balaban J connectivity index is 1.54. The highest BCUT2D eigenvalue weighted by atomic mass is 16.5. The third-order valence-electron chi connectivity index (χ3n) is 4.53. The zero-order valence-corrected chi connectivity index (χ0v) is 13.5. The van der Waals surface area contributed by atoms with Crippen LogP contribution in [0.4, 0.5) is 0 Å². The van der Waals surface area contributed by atoms with Gasteiger partial charge >= 0.3 is 0 Å². The summed E-state index contributed by atoms with van der Waals surface area (Å²) < 4.78 is 5.52. The summed E-state index contributed by atoms with van der Waals surface area (Å²) in [7, 11) is 0. The Bertz CT molecular complexity index is 540. The van der Waals surface area contributed by atoms with E-state index in [1.165, 1.54) is 0 Å². The average molecular weight is 303 g/mol. The first-order chi connectivity index (χ1) is 10.6. The number of hydrogen-bond donors (Lipinski definition) is 1. The van der Waals surface area contributed by atoms with E-state index in [1.54, 1.807) is 6.20 Å². The van der Waals surface area contributed by atoms with Crippen molar-refractivity contribution in [3.63, 3.8) is 0 Å². The lowest BCUT2D eigenvalue weighted by Crippen LogP contribution is -2.54. The number of carbonyl (C=O) groups is 1. The normalized spacial score (nSPS) is 21.5. The molecule has 3 rings (SSSR count). The molecule has 1 saturated heterocycles. The molecular weight excluding hydrogens is 278 g/mol. The van der Waals surface area contributed by atoms with E-state index in [4.69, 9.17) is 4.74 Å². The van der Waals surface area contributed by atoms with E-state index in [9.17, 15) is 4.79 Å². The lowest BCUT2D eigenvalue weighted by molar-refractivity contribution is -0.0498. The van der Waals surface area contributed by atoms with Gasteiger partial charge in [-0.3, -0.25) is 14.7 Å². The molecule has 0 radical (unpaired) electrons. The van der Waals surface area contributed by atoms with Crippen LogP contribution in [0, 0.1) is 0 Å². The highest BCUT2D eigenvalue weighted by Gasteiger charge is 2.31. The first-order valence-corrected chi connectivity index (χ1v) is 8.14. The van der Waals surface area contributed by atoms with Gasteiger partial charge in [0, 0.05) is 37.3 Å². The molecule has 0 unspecified atom stereocenters. The van der Waals surface area contributed by atoms with Crippen LogP contribution >= 0.6 is 0 Å². The van der Waals surface area contributed by atoms with Crippen molar-refractivity contribution in [1.29, 1.82) is 0 Å². The molecule has 120 valence electrons. The predicted octanol–water partition coefficient (Wildman–Crippen LogP) is 1.80. The largest absolute Gasteiger partial charge is 0.378 e. The molecule has 1 aromatic rings. The summed E-state index contributed by atoms with van der Waals surface area (Å²) in [5, 5.41) is 3.05. The van der Waals surface area contributed by atoms with Gasteiger partial charge in [-0.15, -0.1) is 0 Å². The minimum Gasteiger partial charge on any atom is -0.378 e. The van der Waals surface area contributed by atoms with Gasteiger partial charge in [-0.2, -0.15) is 0 Å². The third-order valence-corrected chi connectivity index (χ3v) is 4.53. The van der Waals surface area contributed by atoms with Crippen LogP contribution in [0.3, 0.4) is 0 Å². The zero-order chi connectivity index (χ0) is 15.6. The Morgan fingerprint density at radius 1 is 1.50 bits per heavy atom. The molecule has 2 aliphatic rings. The molecule has 2 heterocycles. The van der Waals surface area contributed by atoms with E-state index in [0.717, 1.165) is 50.4 Å². The Kier molecular flexibility index (Phi) is 4.45. The molecular formula is C17H25N3O2. The monoisotopic (exact) mass is 303 g/mol. The predicted molar refractivity (Wildman–Crippen MR) is 85.0 cm³/mol. The molecule has 0 bridgehead atoms. The van der Waals surface area contributed by atoms with Crippen molar-refractivity contribution in [2.24, 2.45) is 0 Å². The number of ether oxygens (including phenoxy) is 1. The van der Waals surface area contributed by atoms with Crippen LogP contribution in [0.5, 0.6) is 0 Å². The molecule has 0 aromatic carbocycles. The number of nitrogens with one attached hydrogen (secondary N) is 1. The summed E-state index contributed by atoms with van der Waals surface area (Å²) in [6.07, 6.45) is 4.08. The third kappa shape index (κ3) is 3.47. The SMILES string of the molecule is CC1(C)COCCN1CCNC(=O)c1cccnc1C1CC1. The fourth-order valence-corrected chi connectivity index (χ4v) is 3.00. The van der Waals surface area contributed by atoms with Crippen LogP contribution in [0.25, 0.3) is 0 Å². The van der Waals surface area contributed by atoms with Crippen molar-refractivity contribution >= 4 is 5.91 Å². The summed E-state index contributed by atoms with van der Waals surface area (Å²) in [6.45, 7) is 8.30. The maximum Gasteiger partial charge on any atom is 0.253 e. The highest BCUT2D eigenvalue weighted by Crippen LogP contribution is 2.40. The molecule has 5 nitrogen and oxygen atoms in total. The second-order valence-electron chi connectivity index (χ2n) is 6.82. The van der Waals surface area contributed by atoms with E-state index in [1.807, 2.05) is 12.1 Å². The minimum atomic E-state index is 0.000987. The minimum absolute atomic E-state index is 0.000987. The first kappa shape index (κ1) is 15.4. The molecule has 0 spiro atoms. The van der Waals surface area contributed by atoms with Crippen LogP contribution < -0.4 is 5.32 Å². The summed E-state index contributed by atoms with van der Waals surface area (Å²) in [5.74, 6) is 0.487. The van der Waals surface area contributed by atoms with Crippen molar-refractivity contribution in [3.05, 3.63) is 29.6 Å². The molecule has 1 aromatic heterocycles. The lowest BCUT2D eigenvalue weighted by atomic mass is 10.0. The van der Waals surface area contributed by atoms with Gasteiger partial charge in [0.2, 0.25) is 0 Å². The van der Waals surface area contributed by atoms with E-state index in [2.05, 4.69) is 29.0 Å². The lowest BCUT2D eigenvalue weighted by Gasteiger charge is -2.42. The van der Waals surface area contributed by atoms with Crippen LogP contribution in [-0.2, 0) is 4.74 Å². The molecule has 1 saturated carbocycles. The fraction of sp³-hybridized carbons (Fsp3) is 0.647. The van der Waals surface area contributed by atoms with Crippen LogP contribution in [0.1, 0.15) is 48.7 Å². The van der Waals surface area contributed by atoms with E-state index >= 15 is 0 Å². The van der Waals surface area contributed by atoms with Crippen molar-refractivity contribution in [3.8, 4) is 0 Å². The van der Waals surface area contributed by atoms with Gasteiger partial charge in [-0.05, 0) is 38.8 Å². The molecule has 2 fully saturated rings. The fourth-order valence-electron chi connectivity index (χ4n) is 3.00.